The first-order chi connectivity index (χ1) is 9.58. The molecule has 5 nitrogen and oxygen atoms in total. The summed E-state index contributed by atoms with van der Waals surface area (Å²) >= 11 is 1.38. The summed E-state index contributed by atoms with van der Waals surface area (Å²) in [7, 11) is 0. The van der Waals surface area contributed by atoms with Crippen LogP contribution in [-0.4, -0.2) is 40.8 Å². The monoisotopic (exact) mass is 295 g/mol. The Morgan fingerprint density at radius 2 is 1.95 bits per heavy atom. The van der Waals surface area contributed by atoms with Crippen LogP contribution >= 0.6 is 11.3 Å². The Morgan fingerprint density at radius 1 is 1.25 bits per heavy atom. The number of aliphatic carboxylic acids is 1. The SMILES string of the molecule is O=C(CCC(=O)N1CCC(C(=O)O)CC1)c1cccs1. The second-order valence-corrected chi connectivity index (χ2v) is 5.84. The van der Waals surface area contributed by atoms with Crippen LogP contribution in [0.5, 0.6) is 0 Å². The molecular weight excluding hydrogens is 278 g/mol. The van der Waals surface area contributed by atoms with Crippen LogP contribution < -0.4 is 0 Å². The average molecular weight is 295 g/mol. The van der Waals surface area contributed by atoms with E-state index in [2.05, 4.69) is 0 Å². The highest BCUT2D eigenvalue weighted by atomic mass is 32.1. The molecular formula is C14H17NO4S. The van der Waals surface area contributed by atoms with E-state index < -0.39 is 5.97 Å². The minimum absolute atomic E-state index is 0.00577. The van der Waals surface area contributed by atoms with E-state index in [-0.39, 0.29) is 30.4 Å². The van der Waals surface area contributed by atoms with E-state index in [4.69, 9.17) is 5.11 Å². The van der Waals surface area contributed by atoms with Crippen LogP contribution in [0.25, 0.3) is 0 Å². The van der Waals surface area contributed by atoms with Crippen molar-refractivity contribution in [3.05, 3.63) is 22.4 Å². The van der Waals surface area contributed by atoms with Crippen molar-refractivity contribution in [1.29, 1.82) is 0 Å². The lowest BCUT2D eigenvalue weighted by Crippen LogP contribution is -2.40. The van der Waals surface area contributed by atoms with Crippen molar-refractivity contribution in [2.75, 3.05) is 13.1 Å². The van der Waals surface area contributed by atoms with E-state index in [0.29, 0.717) is 30.8 Å². The quantitative estimate of drug-likeness (QED) is 0.843. The lowest BCUT2D eigenvalue weighted by Gasteiger charge is -2.30. The number of carbonyl (C=O) groups excluding carboxylic acids is 2. The number of hydrogen-bond donors (Lipinski definition) is 1. The molecule has 20 heavy (non-hydrogen) atoms. The van der Waals surface area contributed by atoms with Crippen molar-refractivity contribution in [3.8, 4) is 0 Å². The molecule has 0 aromatic carbocycles. The number of rotatable bonds is 5. The van der Waals surface area contributed by atoms with Gasteiger partial charge in [0.15, 0.2) is 5.78 Å². The molecule has 0 unspecified atom stereocenters. The van der Waals surface area contributed by atoms with Crippen molar-refractivity contribution in [2.45, 2.75) is 25.7 Å². The molecule has 0 bridgehead atoms. The Balaban J connectivity index is 1.76. The van der Waals surface area contributed by atoms with Crippen molar-refractivity contribution in [1.82, 2.24) is 4.90 Å². The summed E-state index contributed by atoms with van der Waals surface area (Å²) in [6, 6.07) is 3.58. The molecule has 1 aromatic rings. The van der Waals surface area contributed by atoms with Gasteiger partial charge >= 0.3 is 5.97 Å². The van der Waals surface area contributed by atoms with Gasteiger partial charge in [0.2, 0.25) is 5.91 Å². The van der Waals surface area contributed by atoms with Gasteiger partial charge in [-0.3, -0.25) is 14.4 Å². The van der Waals surface area contributed by atoms with Gasteiger partial charge in [-0.05, 0) is 24.3 Å². The summed E-state index contributed by atoms with van der Waals surface area (Å²) in [6.07, 6.45) is 1.42. The number of carboxylic acid groups (broad SMARTS) is 1. The minimum Gasteiger partial charge on any atom is -0.481 e. The number of ketones is 1. The first-order valence-electron chi connectivity index (χ1n) is 6.65. The Labute approximate surface area is 121 Å². The van der Waals surface area contributed by atoms with Crippen LogP contribution in [0, 0.1) is 5.92 Å². The first kappa shape index (κ1) is 14.7. The molecule has 1 aliphatic rings. The molecule has 108 valence electrons. The number of amides is 1. The fraction of sp³-hybridized carbons (Fsp3) is 0.500. The lowest BCUT2D eigenvalue weighted by molar-refractivity contribution is -0.145. The highest BCUT2D eigenvalue weighted by Gasteiger charge is 2.27. The number of piperidine rings is 1. The van der Waals surface area contributed by atoms with Gasteiger partial charge in [-0.15, -0.1) is 11.3 Å². The van der Waals surface area contributed by atoms with Crippen molar-refractivity contribution >= 4 is 29.0 Å². The predicted molar refractivity (Wildman–Crippen MR) is 74.8 cm³/mol. The first-order valence-corrected chi connectivity index (χ1v) is 7.53. The fourth-order valence-electron chi connectivity index (χ4n) is 2.31. The van der Waals surface area contributed by atoms with Crippen LogP contribution in [0.15, 0.2) is 17.5 Å². The Hall–Kier alpha value is -1.69. The normalized spacial score (nSPS) is 16.1. The third kappa shape index (κ3) is 3.66. The summed E-state index contributed by atoms with van der Waals surface area (Å²) in [6.45, 7) is 0.950. The van der Waals surface area contributed by atoms with Gasteiger partial charge in [0.05, 0.1) is 10.8 Å². The van der Waals surface area contributed by atoms with Gasteiger partial charge in [-0.25, -0.2) is 0 Å². The predicted octanol–water partition coefficient (Wildman–Crippen LogP) is 2.03. The third-order valence-electron chi connectivity index (χ3n) is 3.56. The molecule has 0 atom stereocenters. The summed E-state index contributed by atoms with van der Waals surface area (Å²) in [5, 5.41) is 10.7. The highest BCUT2D eigenvalue weighted by Crippen LogP contribution is 2.19. The highest BCUT2D eigenvalue weighted by molar-refractivity contribution is 7.12. The fourth-order valence-corrected chi connectivity index (χ4v) is 3.01. The lowest BCUT2D eigenvalue weighted by atomic mass is 9.97. The minimum atomic E-state index is -0.787. The van der Waals surface area contributed by atoms with Crippen LogP contribution in [0.1, 0.15) is 35.4 Å². The molecule has 1 fully saturated rings. The van der Waals surface area contributed by atoms with E-state index in [1.807, 2.05) is 11.4 Å². The van der Waals surface area contributed by atoms with Crippen molar-refractivity contribution < 1.29 is 19.5 Å². The Bertz CT molecular complexity index is 489. The number of hydrogen-bond acceptors (Lipinski definition) is 4. The number of likely N-dealkylation sites (tertiary alicyclic amines) is 1. The second kappa shape index (κ2) is 6.65. The molecule has 1 aromatic heterocycles. The van der Waals surface area contributed by atoms with E-state index in [0.717, 1.165) is 0 Å². The molecule has 1 amide bonds. The zero-order valence-electron chi connectivity index (χ0n) is 11.1. The third-order valence-corrected chi connectivity index (χ3v) is 4.47. The van der Waals surface area contributed by atoms with E-state index in [1.165, 1.54) is 11.3 Å². The molecule has 1 saturated heterocycles. The topological polar surface area (TPSA) is 74.7 Å². The molecule has 1 N–H and O–H groups in total. The number of thiophene rings is 1. The zero-order chi connectivity index (χ0) is 14.5. The summed E-state index contributed by atoms with van der Waals surface area (Å²) in [4.78, 5) is 37.0. The van der Waals surface area contributed by atoms with Crippen LogP contribution in [0.4, 0.5) is 0 Å². The number of carboxylic acids is 1. The molecule has 0 aliphatic carbocycles. The summed E-state index contributed by atoms with van der Waals surface area (Å²) < 4.78 is 0. The van der Waals surface area contributed by atoms with Gasteiger partial charge in [0.1, 0.15) is 0 Å². The number of nitrogens with zero attached hydrogens (tertiary/aromatic N) is 1. The zero-order valence-corrected chi connectivity index (χ0v) is 11.9. The van der Waals surface area contributed by atoms with Crippen LogP contribution in [-0.2, 0) is 9.59 Å². The summed E-state index contributed by atoms with van der Waals surface area (Å²) in [5.74, 6) is -1.19. The van der Waals surface area contributed by atoms with Gasteiger partial charge in [-0.2, -0.15) is 0 Å². The van der Waals surface area contributed by atoms with E-state index in [1.54, 1.807) is 11.0 Å². The van der Waals surface area contributed by atoms with Crippen molar-refractivity contribution in [2.24, 2.45) is 5.92 Å². The average Bonchev–Trinajstić information content (AvgIpc) is 2.98. The molecule has 2 heterocycles. The molecule has 0 radical (unpaired) electrons. The van der Waals surface area contributed by atoms with Gasteiger partial charge in [0.25, 0.3) is 0 Å². The summed E-state index contributed by atoms with van der Waals surface area (Å²) in [5.41, 5.74) is 0. The standard InChI is InChI=1S/C14H17NO4S/c16-11(12-2-1-9-20-12)3-4-13(17)15-7-5-10(6-8-15)14(18)19/h1-2,9-10H,3-8H2,(H,18,19). The van der Waals surface area contributed by atoms with Gasteiger partial charge < -0.3 is 10.0 Å². The molecule has 6 heteroatoms. The van der Waals surface area contributed by atoms with E-state index in [9.17, 15) is 14.4 Å². The molecule has 2 rings (SSSR count). The maximum absolute atomic E-state index is 12.0. The molecule has 0 saturated carbocycles. The molecule has 1 aliphatic heterocycles. The maximum Gasteiger partial charge on any atom is 0.306 e. The van der Waals surface area contributed by atoms with Gasteiger partial charge in [-0.1, -0.05) is 6.07 Å². The van der Waals surface area contributed by atoms with Crippen molar-refractivity contribution in [3.63, 3.8) is 0 Å². The van der Waals surface area contributed by atoms with Crippen LogP contribution in [0.2, 0.25) is 0 Å². The number of carbonyl (C=O) groups is 3. The second-order valence-electron chi connectivity index (χ2n) is 4.89. The largest absolute Gasteiger partial charge is 0.481 e. The maximum atomic E-state index is 12.0. The van der Waals surface area contributed by atoms with Crippen LogP contribution in [0.3, 0.4) is 0 Å². The number of Topliss-reactive ketones (excluding diaryl/α,β-unsaturated/α-hetero) is 1. The molecule has 0 spiro atoms. The van der Waals surface area contributed by atoms with Gasteiger partial charge in [0, 0.05) is 25.9 Å². The Morgan fingerprint density at radius 3 is 2.50 bits per heavy atom. The Kier molecular flexibility index (Phi) is 4.89. The van der Waals surface area contributed by atoms with E-state index >= 15 is 0 Å². The smallest absolute Gasteiger partial charge is 0.306 e.